The van der Waals surface area contributed by atoms with E-state index in [2.05, 4.69) is 20.4 Å². The minimum absolute atomic E-state index is 0.426. The number of nitrogen functional groups attached to an aromatic ring is 1. The second-order valence-corrected chi connectivity index (χ2v) is 2.95. The Labute approximate surface area is 81.4 Å². The number of hydrogen-bond acceptors (Lipinski definition) is 4. The Morgan fingerprint density at radius 1 is 1.43 bits per heavy atom. The van der Waals surface area contributed by atoms with Gasteiger partial charge in [0.2, 0.25) is 5.95 Å². The van der Waals surface area contributed by atoms with Crippen LogP contribution in [0, 0.1) is 6.92 Å². The Balaban J connectivity index is 2.48. The second-order valence-electron chi connectivity index (χ2n) is 2.95. The van der Waals surface area contributed by atoms with E-state index in [0.29, 0.717) is 5.95 Å². The zero-order valence-corrected chi connectivity index (χ0v) is 7.78. The highest BCUT2D eigenvalue weighted by molar-refractivity contribution is 5.56. The van der Waals surface area contributed by atoms with Crippen molar-refractivity contribution in [2.24, 2.45) is 5.84 Å². The van der Waals surface area contributed by atoms with Crippen molar-refractivity contribution in [3.8, 4) is 11.4 Å². The SMILES string of the molecule is Cc1cc(-c2ccc[nH]2)nc(NN)n1. The molecule has 0 spiro atoms. The molecule has 0 unspecified atom stereocenters. The summed E-state index contributed by atoms with van der Waals surface area (Å²) < 4.78 is 0. The monoisotopic (exact) mass is 189 g/mol. The molecule has 2 rings (SSSR count). The van der Waals surface area contributed by atoms with E-state index in [-0.39, 0.29) is 0 Å². The average molecular weight is 189 g/mol. The van der Waals surface area contributed by atoms with Crippen molar-refractivity contribution >= 4 is 5.95 Å². The van der Waals surface area contributed by atoms with E-state index in [4.69, 9.17) is 5.84 Å². The number of nitrogens with two attached hydrogens (primary N) is 1. The number of aromatic nitrogens is 3. The molecule has 0 saturated carbocycles. The fourth-order valence-electron chi connectivity index (χ4n) is 1.26. The molecule has 0 atom stereocenters. The first kappa shape index (κ1) is 8.71. The topological polar surface area (TPSA) is 79.6 Å². The van der Waals surface area contributed by atoms with E-state index < -0.39 is 0 Å². The van der Waals surface area contributed by atoms with Crippen LogP contribution in [0.3, 0.4) is 0 Å². The number of hydrazine groups is 1. The Morgan fingerprint density at radius 3 is 2.93 bits per heavy atom. The van der Waals surface area contributed by atoms with Crippen molar-refractivity contribution in [1.29, 1.82) is 0 Å². The average Bonchev–Trinajstić information content (AvgIpc) is 2.69. The molecule has 5 heteroatoms. The smallest absolute Gasteiger partial charge is 0.237 e. The molecule has 72 valence electrons. The van der Waals surface area contributed by atoms with Crippen LogP contribution >= 0.6 is 0 Å². The summed E-state index contributed by atoms with van der Waals surface area (Å²) in [7, 11) is 0. The molecule has 0 aromatic carbocycles. The minimum atomic E-state index is 0.426. The van der Waals surface area contributed by atoms with Gasteiger partial charge in [-0.1, -0.05) is 0 Å². The van der Waals surface area contributed by atoms with E-state index in [1.54, 1.807) is 0 Å². The lowest BCUT2D eigenvalue weighted by Crippen LogP contribution is -2.11. The van der Waals surface area contributed by atoms with Crippen LogP contribution in [0.25, 0.3) is 11.4 Å². The predicted molar refractivity (Wildman–Crippen MR) is 54.4 cm³/mol. The van der Waals surface area contributed by atoms with Gasteiger partial charge in [0.1, 0.15) is 0 Å². The predicted octanol–water partition coefficient (Wildman–Crippen LogP) is 1.07. The first-order valence-electron chi connectivity index (χ1n) is 4.25. The van der Waals surface area contributed by atoms with E-state index in [0.717, 1.165) is 17.1 Å². The van der Waals surface area contributed by atoms with Crippen molar-refractivity contribution in [2.45, 2.75) is 6.92 Å². The summed E-state index contributed by atoms with van der Waals surface area (Å²) in [5.41, 5.74) is 5.09. The van der Waals surface area contributed by atoms with Crippen molar-refractivity contribution < 1.29 is 0 Å². The summed E-state index contributed by atoms with van der Waals surface area (Å²) in [6, 6.07) is 5.76. The maximum atomic E-state index is 5.26. The second kappa shape index (κ2) is 3.47. The van der Waals surface area contributed by atoms with Gasteiger partial charge in [0.15, 0.2) is 0 Å². The van der Waals surface area contributed by atoms with Crippen molar-refractivity contribution in [2.75, 3.05) is 5.43 Å². The molecule has 2 aromatic heterocycles. The lowest BCUT2D eigenvalue weighted by atomic mass is 10.2. The molecule has 4 N–H and O–H groups in total. The molecular weight excluding hydrogens is 178 g/mol. The molecule has 0 amide bonds. The number of anilines is 1. The summed E-state index contributed by atoms with van der Waals surface area (Å²) in [5.74, 6) is 5.68. The van der Waals surface area contributed by atoms with Gasteiger partial charge in [-0.2, -0.15) is 0 Å². The number of nitrogens with one attached hydrogen (secondary N) is 2. The fraction of sp³-hybridized carbons (Fsp3) is 0.111. The summed E-state index contributed by atoms with van der Waals surface area (Å²) in [5, 5.41) is 0. The molecule has 14 heavy (non-hydrogen) atoms. The van der Waals surface area contributed by atoms with E-state index in [1.807, 2.05) is 31.3 Å². The molecule has 2 aromatic rings. The number of aryl methyl sites for hydroxylation is 1. The van der Waals surface area contributed by atoms with Gasteiger partial charge < -0.3 is 4.98 Å². The van der Waals surface area contributed by atoms with Gasteiger partial charge in [0, 0.05) is 11.9 Å². The van der Waals surface area contributed by atoms with Crippen LogP contribution in [0.1, 0.15) is 5.69 Å². The standard InChI is InChI=1S/C9H11N5/c1-6-5-8(7-3-2-4-11-7)13-9(12-6)14-10/h2-5,11H,10H2,1H3,(H,12,13,14). The van der Waals surface area contributed by atoms with Crippen LogP contribution in [0.2, 0.25) is 0 Å². The first-order valence-corrected chi connectivity index (χ1v) is 4.25. The maximum absolute atomic E-state index is 5.26. The van der Waals surface area contributed by atoms with E-state index >= 15 is 0 Å². The Morgan fingerprint density at radius 2 is 2.29 bits per heavy atom. The Bertz CT molecular complexity index is 421. The van der Waals surface area contributed by atoms with Gasteiger partial charge in [0.05, 0.1) is 11.4 Å². The normalized spacial score (nSPS) is 10.1. The van der Waals surface area contributed by atoms with Gasteiger partial charge >= 0.3 is 0 Å². The minimum Gasteiger partial charge on any atom is -0.360 e. The third kappa shape index (κ3) is 1.57. The molecule has 0 bridgehead atoms. The summed E-state index contributed by atoms with van der Waals surface area (Å²) in [6.07, 6.45) is 1.85. The van der Waals surface area contributed by atoms with E-state index in [1.165, 1.54) is 0 Å². The van der Waals surface area contributed by atoms with Crippen LogP contribution < -0.4 is 11.3 Å². The molecular formula is C9H11N5. The zero-order valence-electron chi connectivity index (χ0n) is 7.78. The van der Waals surface area contributed by atoms with Crippen LogP contribution in [0.5, 0.6) is 0 Å². The van der Waals surface area contributed by atoms with E-state index in [9.17, 15) is 0 Å². The fourth-order valence-corrected chi connectivity index (χ4v) is 1.26. The lowest BCUT2D eigenvalue weighted by molar-refractivity contribution is 1.07. The quantitative estimate of drug-likeness (QED) is 0.487. The van der Waals surface area contributed by atoms with Crippen molar-refractivity contribution in [1.82, 2.24) is 15.0 Å². The Kier molecular flexibility index (Phi) is 2.16. The Hall–Kier alpha value is -1.88. The molecule has 5 nitrogen and oxygen atoms in total. The lowest BCUT2D eigenvalue weighted by Gasteiger charge is -2.03. The van der Waals surface area contributed by atoms with Crippen LogP contribution in [0.4, 0.5) is 5.95 Å². The van der Waals surface area contributed by atoms with Crippen LogP contribution in [-0.4, -0.2) is 15.0 Å². The molecule has 0 aliphatic heterocycles. The molecule has 2 heterocycles. The number of hydrogen-bond donors (Lipinski definition) is 3. The highest BCUT2D eigenvalue weighted by atomic mass is 15.3. The van der Waals surface area contributed by atoms with Gasteiger partial charge in [-0.25, -0.2) is 15.8 Å². The summed E-state index contributed by atoms with van der Waals surface area (Å²) >= 11 is 0. The third-order valence-electron chi connectivity index (χ3n) is 1.86. The van der Waals surface area contributed by atoms with Crippen molar-refractivity contribution in [3.05, 3.63) is 30.1 Å². The van der Waals surface area contributed by atoms with Gasteiger partial charge in [-0.3, -0.25) is 5.43 Å². The molecule has 0 aliphatic carbocycles. The third-order valence-corrected chi connectivity index (χ3v) is 1.86. The molecule has 0 aliphatic rings. The van der Waals surface area contributed by atoms with Crippen LogP contribution in [0.15, 0.2) is 24.4 Å². The molecule has 0 saturated heterocycles. The van der Waals surface area contributed by atoms with Crippen LogP contribution in [-0.2, 0) is 0 Å². The highest BCUT2D eigenvalue weighted by Gasteiger charge is 2.03. The maximum Gasteiger partial charge on any atom is 0.237 e. The number of aromatic amines is 1. The van der Waals surface area contributed by atoms with Gasteiger partial charge in [-0.05, 0) is 25.1 Å². The molecule has 0 radical (unpaired) electrons. The van der Waals surface area contributed by atoms with Gasteiger partial charge in [-0.15, -0.1) is 0 Å². The number of nitrogens with zero attached hydrogens (tertiary/aromatic N) is 2. The highest BCUT2D eigenvalue weighted by Crippen LogP contribution is 2.16. The van der Waals surface area contributed by atoms with Gasteiger partial charge in [0.25, 0.3) is 0 Å². The first-order chi connectivity index (χ1) is 6.79. The summed E-state index contributed by atoms with van der Waals surface area (Å²) in [6.45, 7) is 1.90. The number of rotatable bonds is 2. The molecule has 0 fully saturated rings. The zero-order chi connectivity index (χ0) is 9.97. The number of H-pyrrole nitrogens is 1. The largest absolute Gasteiger partial charge is 0.360 e. The van der Waals surface area contributed by atoms with Crippen molar-refractivity contribution in [3.63, 3.8) is 0 Å². The summed E-state index contributed by atoms with van der Waals surface area (Å²) in [4.78, 5) is 11.4.